The number of nitrogens with two attached hydrogens (primary N) is 1. The molecule has 3 N–H and O–H groups in total. The number of carbonyl (C=O) groups is 2. The monoisotopic (exact) mass is 388 g/mol. The Balaban J connectivity index is 1.85. The largest absolute Gasteiger partial charge is 0.332 e. The van der Waals surface area contributed by atoms with Crippen molar-refractivity contribution in [2.75, 3.05) is 25.5 Å². The summed E-state index contributed by atoms with van der Waals surface area (Å²) in [6, 6.07) is 13.5. The van der Waals surface area contributed by atoms with Crippen LogP contribution in [0.15, 0.2) is 42.5 Å². The van der Waals surface area contributed by atoms with Crippen LogP contribution in [-0.2, 0) is 9.59 Å². The van der Waals surface area contributed by atoms with Crippen molar-refractivity contribution in [2.45, 2.75) is 26.8 Å². The molecule has 0 fully saturated rings. The van der Waals surface area contributed by atoms with E-state index in [2.05, 4.69) is 5.32 Å². The third kappa shape index (κ3) is 6.08. The van der Waals surface area contributed by atoms with Crippen LogP contribution in [0.3, 0.4) is 0 Å². The molecule has 6 heteroatoms. The number of carbonyl (C=O) groups excluding carboxylic acids is 2. The lowest BCUT2D eigenvalue weighted by Crippen LogP contribution is -2.87. The van der Waals surface area contributed by atoms with E-state index in [9.17, 15) is 9.59 Å². The number of hydrogen-bond acceptors (Lipinski definition) is 2. The molecule has 2 aromatic carbocycles. The van der Waals surface area contributed by atoms with Gasteiger partial charge < -0.3 is 15.5 Å². The molecule has 1 atom stereocenters. The summed E-state index contributed by atoms with van der Waals surface area (Å²) in [5, 5.41) is 5.48. The van der Waals surface area contributed by atoms with Gasteiger partial charge in [0.25, 0.3) is 5.91 Å². The molecule has 27 heavy (non-hydrogen) atoms. The fourth-order valence-corrected chi connectivity index (χ4v) is 3.08. The SMILES string of the molecule is Cc1ccc(C)c(NC(=O)CN(C)C(=O)C[NH2+][C@H](C)c2ccccc2Cl)c1. The number of nitrogens with zero attached hydrogens (tertiary/aromatic N) is 1. The Bertz CT molecular complexity index is 823. The van der Waals surface area contributed by atoms with E-state index >= 15 is 0 Å². The Hall–Kier alpha value is -2.37. The maximum absolute atomic E-state index is 12.4. The normalized spacial score (nSPS) is 11.7. The lowest BCUT2D eigenvalue weighted by atomic mass is 10.1. The quantitative estimate of drug-likeness (QED) is 0.765. The van der Waals surface area contributed by atoms with E-state index in [0.29, 0.717) is 5.02 Å². The number of hydrogen-bond donors (Lipinski definition) is 2. The van der Waals surface area contributed by atoms with Crippen molar-refractivity contribution in [3.8, 4) is 0 Å². The van der Waals surface area contributed by atoms with Crippen LogP contribution >= 0.6 is 11.6 Å². The number of aryl methyl sites for hydroxylation is 2. The van der Waals surface area contributed by atoms with Gasteiger partial charge in [0, 0.05) is 23.3 Å². The van der Waals surface area contributed by atoms with E-state index in [1.807, 2.05) is 68.6 Å². The zero-order valence-electron chi connectivity index (χ0n) is 16.3. The Kier molecular flexibility index (Phi) is 7.39. The molecule has 2 amide bonds. The molecule has 0 saturated heterocycles. The lowest BCUT2D eigenvalue weighted by molar-refractivity contribution is -0.683. The summed E-state index contributed by atoms with van der Waals surface area (Å²) >= 11 is 6.20. The predicted octanol–water partition coefficient (Wildman–Crippen LogP) is 2.68. The molecule has 0 bridgehead atoms. The van der Waals surface area contributed by atoms with Gasteiger partial charge in [-0.25, -0.2) is 0 Å². The standard InChI is InChI=1S/C21H26ClN3O2/c1-14-9-10-15(2)19(11-14)24-20(26)13-25(4)21(27)12-23-16(3)17-7-5-6-8-18(17)22/h5-11,16,23H,12-13H2,1-4H3,(H,24,26)/p+1/t16-/m1/s1. The van der Waals surface area contributed by atoms with E-state index < -0.39 is 0 Å². The number of quaternary nitrogens is 1. The van der Waals surface area contributed by atoms with Gasteiger partial charge in [0.1, 0.15) is 6.04 Å². The second-order valence-electron chi connectivity index (χ2n) is 6.87. The van der Waals surface area contributed by atoms with E-state index in [0.717, 1.165) is 22.4 Å². The molecule has 0 aliphatic heterocycles. The molecule has 0 spiro atoms. The summed E-state index contributed by atoms with van der Waals surface area (Å²) in [5.74, 6) is -0.316. The maximum Gasteiger partial charge on any atom is 0.277 e. The predicted molar refractivity (Wildman–Crippen MR) is 109 cm³/mol. The van der Waals surface area contributed by atoms with E-state index in [1.54, 1.807) is 7.05 Å². The molecule has 0 aliphatic rings. The van der Waals surface area contributed by atoms with Crippen LogP contribution in [0, 0.1) is 13.8 Å². The average molecular weight is 389 g/mol. The first-order valence-corrected chi connectivity index (χ1v) is 9.34. The van der Waals surface area contributed by atoms with Gasteiger partial charge in [0.05, 0.1) is 6.54 Å². The van der Waals surface area contributed by atoms with E-state index in [4.69, 9.17) is 11.6 Å². The molecule has 0 aliphatic carbocycles. The molecule has 2 aromatic rings. The van der Waals surface area contributed by atoms with Crippen molar-refractivity contribution < 1.29 is 14.9 Å². The highest BCUT2D eigenvalue weighted by Gasteiger charge is 2.18. The Morgan fingerprint density at radius 2 is 1.89 bits per heavy atom. The fourth-order valence-electron chi connectivity index (χ4n) is 2.77. The molecule has 5 nitrogen and oxygen atoms in total. The van der Waals surface area contributed by atoms with Crippen molar-refractivity contribution in [2.24, 2.45) is 0 Å². The van der Waals surface area contributed by atoms with Crippen LogP contribution in [0.5, 0.6) is 0 Å². The smallest absolute Gasteiger partial charge is 0.277 e. The summed E-state index contributed by atoms with van der Waals surface area (Å²) < 4.78 is 0. The number of anilines is 1. The molecule has 0 heterocycles. The van der Waals surface area contributed by atoms with Gasteiger partial charge >= 0.3 is 0 Å². The minimum absolute atomic E-state index is 0.0144. The topological polar surface area (TPSA) is 66.0 Å². The van der Waals surface area contributed by atoms with Gasteiger partial charge in [-0.1, -0.05) is 41.9 Å². The third-order valence-corrected chi connectivity index (χ3v) is 4.86. The zero-order chi connectivity index (χ0) is 20.0. The van der Waals surface area contributed by atoms with Gasteiger partial charge in [0.15, 0.2) is 6.54 Å². The van der Waals surface area contributed by atoms with Gasteiger partial charge in [-0.05, 0) is 44.0 Å². The van der Waals surface area contributed by atoms with Crippen molar-refractivity contribution in [3.05, 3.63) is 64.2 Å². The van der Waals surface area contributed by atoms with Crippen LogP contribution in [-0.4, -0.2) is 36.9 Å². The second kappa shape index (κ2) is 9.53. The van der Waals surface area contributed by atoms with Gasteiger partial charge in [-0.15, -0.1) is 0 Å². The van der Waals surface area contributed by atoms with E-state index in [-0.39, 0.29) is 30.9 Å². The van der Waals surface area contributed by atoms with Crippen molar-refractivity contribution >= 4 is 29.1 Å². The highest BCUT2D eigenvalue weighted by atomic mass is 35.5. The average Bonchev–Trinajstić information content (AvgIpc) is 2.62. The zero-order valence-corrected chi connectivity index (χ0v) is 17.0. The first kappa shape index (κ1) is 20.9. The van der Waals surface area contributed by atoms with E-state index in [1.165, 1.54) is 4.90 Å². The lowest BCUT2D eigenvalue weighted by Gasteiger charge is -2.18. The van der Waals surface area contributed by atoms with Crippen LogP contribution in [0.1, 0.15) is 29.7 Å². The number of rotatable bonds is 7. The number of benzene rings is 2. The van der Waals surface area contributed by atoms with Gasteiger partial charge in [0.2, 0.25) is 5.91 Å². The molecule has 0 radical (unpaired) electrons. The maximum atomic E-state index is 12.4. The van der Waals surface area contributed by atoms with Crippen LogP contribution in [0.4, 0.5) is 5.69 Å². The first-order valence-electron chi connectivity index (χ1n) is 8.96. The summed E-state index contributed by atoms with van der Waals surface area (Å²) in [7, 11) is 1.64. The molecule has 144 valence electrons. The highest BCUT2D eigenvalue weighted by Crippen LogP contribution is 2.19. The van der Waals surface area contributed by atoms with Gasteiger partial charge in [-0.3, -0.25) is 9.59 Å². The second-order valence-corrected chi connectivity index (χ2v) is 7.27. The summed E-state index contributed by atoms with van der Waals surface area (Å²) in [4.78, 5) is 26.1. The molecule has 2 rings (SSSR count). The molecule has 0 unspecified atom stereocenters. The third-order valence-electron chi connectivity index (χ3n) is 4.52. The summed E-state index contributed by atoms with van der Waals surface area (Å²) in [6.45, 7) is 6.18. The molecule has 0 aromatic heterocycles. The Labute approximate surface area is 165 Å². The fraction of sp³-hybridized carbons (Fsp3) is 0.333. The first-order chi connectivity index (χ1) is 12.8. The van der Waals surface area contributed by atoms with Crippen molar-refractivity contribution in [3.63, 3.8) is 0 Å². The van der Waals surface area contributed by atoms with Crippen LogP contribution in [0.2, 0.25) is 5.02 Å². The summed E-state index contributed by atoms with van der Waals surface area (Å²) in [6.07, 6.45) is 0. The van der Waals surface area contributed by atoms with Crippen LogP contribution in [0.25, 0.3) is 0 Å². The Morgan fingerprint density at radius 1 is 1.19 bits per heavy atom. The van der Waals surface area contributed by atoms with Crippen LogP contribution < -0.4 is 10.6 Å². The molecular formula is C21H27ClN3O2+. The highest BCUT2D eigenvalue weighted by molar-refractivity contribution is 6.31. The molecular weight excluding hydrogens is 362 g/mol. The molecule has 0 saturated carbocycles. The van der Waals surface area contributed by atoms with Gasteiger partial charge in [-0.2, -0.15) is 0 Å². The Morgan fingerprint density at radius 3 is 2.59 bits per heavy atom. The number of nitrogens with one attached hydrogen (secondary N) is 1. The number of amides is 2. The minimum Gasteiger partial charge on any atom is -0.332 e. The summed E-state index contributed by atoms with van der Waals surface area (Å²) in [5.41, 5.74) is 3.83. The number of halogens is 1. The van der Waals surface area contributed by atoms with Crippen molar-refractivity contribution in [1.82, 2.24) is 4.90 Å². The van der Waals surface area contributed by atoms with Crippen molar-refractivity contribution in [1.29, 1.82) is 0 Å². The number of likely N-dealkylation sites (N-methyl/N-ethyl adjacent to an activating group) is 1. The minimum atomic E-state index is -0.210.